The number of nitrogens with zero attached hydrogens (tertiary/aromatic N) is 3. The van der Waals surface area contributed by atoms with Crippen LogP contribution in [0, 0.1) is 0 Å². The Morgan fingerprint density at radius 1 is 1.30 bits per heavy atom. The molecule has 0 bridgehead atoms. The third kappa shape index (κ3) is 3.16. The Hall–Kier alpha value is -1.04. The molecule has 110 valence electrons. The van der Waals surface area contributed by atoms with Crippen LogP contribution in [0.5, 0.6) is 0 Å². The maximum Gasteiger partial charge on any atom is 0.127 e. The van der Waals surface area contributed by atoms with Crippen molar-refractivity contribution in [2.75, 3.05) is 32.9 Å². The molecule has 2 aliphatic rings. The fourth-order valence-corrected chi connectivity index (χ4v) is 3.03. The van der Waals surface area contributed by atoms with Crippen molar-refractivity contribution in [3.05, 3.63) is 23.8 Å². The molecule has 1 atom stereocenters. The number of aromatic nitrogens is 2. The summed E-state index contributed by atoms with van der Waals surface area (Å²) >= 11 is 0. The van der Waals surface area contributed by atoms with Crippen LogP contribution in [-0.4, -0.2) is 53.4 Å². The molecule has 3 heterocycles. The van der Waals surface area contributed by atoms with Gasteiger partial charge < -0.3 is 9.47 Å². The number of aryl methyl sites for hydroxylation is 1. The normalized spacial score (nSPS) is 27.9. The summed E-state index contributed by atoms with van der Waals surface area (Å²) in [5.41, 5.74) is 1.09. The number of ether oxygens (including phenoxy) is 2. The van der Waals surface area contributed by atoms with Gasteiger partial charge in [-0.25, -0.2) is 9.97 Å². The van der Waals surface area contributed by atoms with E-state index in [-0.39, 0.29) is 5.60 Å². The predicted molar refractivity (Wildman–Crippen MR) is 75.4 cm³/mol. The maximum absolute atomic E-state index is 6.01. The van der Waals surface area contributed by atoms with Crippen molar-refractivity contribution in [1.29, 1.82) is 0 Å². The highest BCUT2D eigenvalue weighted by atomic mass is 16.5. The van der Waals surface area contributed by atoms with Crippen LogP contribution in [0.25, 0.3) is 0 Å². The molecular weight excluding hydrogens is 254 g/mol. The number of hydrogen-bond donors (Lipinski definition) is 0. The third-order valence-electron chi connectivity index (χ3n) is 4.09. The van der Waals surface area contributed by atoms with Gasteiger partial charge in [-0.1, -0.05) is 6.92 Å². The van der Waals surface area contributed by atoms with Crippen LogP contribution >= 0.6 is 0 Å². The average molecular weight is 277 g/mol. The second kappa shape index (κ2) is 6.16. The second-order valence-electron chi connectivity index (χ2n) is 5.76. The van der Waals surface area contributed by atoms with Crippen molar-refractivity contribution in [2.45, 2.75) is 38.3 Å². The fourth-order valence-electron chi connectivity index (χ4n) is 3.03. The van der Waals surface area contributed by atoms with E-state index in [0.29, 0.717) is 0 Å². The summed E-state index contributed by atoms with van der Waals surface area (Å²) in [5.74, 6) is 0.910. The molecule has 1 unspecified atom stereocenters. The minimum atomic E-state index is -0.0826. The largest absolute Gasteiger partial charge is 0.378 e. The molecule has 1 aromatic rings. The summed E-state index contributed by atoms with van der Waals surface area (Å²) in [6.45, 7) is 7.28. The zero-order chi connectivity index (χ0) is 13.8. The van der Waals surface area contributed by atoms with E-state index in [1.165, 1.54) is 5.56 Å². The van der Waals surface area contributed by atoms with E-state index in [0.717, 1.165) is 64.5 Å². The Labute approximate surface area is 120 Å². The van der Waals surface area contributed by atoms with Gasteiger partial charge in [-0.3, -0.25) is 4.90 Å². The minimum absolute atomic E-state index is 0.0826. The van der Waals surface area contributed by atoms with Crippen molar-refractivity contribution in [1.82, 2.24) is 14.9 Å². The van der Waals surface area contributed by atoms with Crippen LogP contribution in [0.2, 0.25) is 0 Å². The summed E-state index contributed by atoms with van der Waals surface area (Å²) in [6.07, 6.45) is 6.99. The lowest BCUT2D eigenvalue weighted by Crippen LogP contribution is -2.55. The van der Waals surface area contributed by atoms with Crippen LogP contribution in [0.15, 0.2) is 12.4 Å². The average Bonchev–Trinajstić information content (AvgIpc) is 2.49. The maximum atomic E-state index is 6.01. The van der Waals surface area contributed by atoms with Gasteiger partial charge >= 0.3 is 0 Å². The Morgan fingerprint density at radius 2 is 2.15 bits per heavy atom. The lowest BCUT2D eigenvalue weighted by Gasteiger charge is -2.44. The monoisotopic (exact) mass is 277 g/mol. The fraction of sp³-hybridized carbons (Fsp3) is 0.733. The van der Waals surface area contributed by atoms with E-state index in [4.69, 9.17) is 9.47 Å². The summed E-state index contributed by atoms with van der Waals surface area (Å²) in [4.78, 5) is 11.2. The first-order chi connectivity index (χ1) is 9.80. The van der Waals surface area contributed by atoms with Gasteiger partial charge in [-0.2, -0.15) is 0 Å². The topological polar surface area (TPSA) is 47.5 Å². The smallest absolute Gasteiger partial charge is 0.127 e. The first-order valence-corrected chi connectivity index (χ1v) is 7.53. The van der Waals surface area contributed by atoms with Crippen molar-refractivity contribution in [3.8, 4) is 0 Å². The molecule has 2 fully saturated rings. The molecule has 3 rings (SSSR count). The SMILES string of the molecule is CCc1ncc(CN2CCOC3(CCCOC3)C2)cn1. The molecule has 20 heavy (non-hydrogen) atoms. The van der Waals surface area contributed by atoms with E-state index in [1.54, 1.807) is 0 Å². The van der Waals surface area contributed by atoms with Gasteiger partial charge in [0, 0.05) is 50.6 Å². The van der Waals surface area contributed by atoms with Crippen molar-refractivity contribution >= 4 is 0 Å². The molecule has 0 saturated carbocycles. The summed E-state index contributed by atoms with van der Waals surface area (Å²) in [7, 11) is 0. The highest BCUT2D eigenvalue weighted by molar-refractivity contribution is 5.06. The van der Waals surface area contributed by atoms with Crippen molar-refractivity contribution < 1.29 is 9.47 Å². The quantitative estimate of drug-likeness (QED) is 0.836. The van der Waals surface area contributed by atoms with Crippen LogP contribution < -0.4 is 0 Å². The predicted octanol–water partition coefficient (Wildman–Crippen LogP) is 1.42. The second-order valence-corrected chi connectivity index (χ2v) is 5.76. The van der Waals surface area contributed by atoms with E-state index in [9.17, 15) is 0 Å². The van der Waals surface area contributed by atoms with Gasteiger partial charge in [0.25, 0.3) is 0 Å². The van der Waals surface area contributed by atoms with Crippen molar-refractivity contribution in [2.24, 2.45) is 0 Å². The molecule has 2 aliphatic heterocycles. The van der Waals surface area contributed by atoms with Crippen LogP contribution in [-0.2, 0) is 22.4 Å². The first-order valence-electron chi connectivity index (χ1n) is 7.53. The molecule has 1 aromatic heterocycles. The highest BCUT2D eigenvalue weighted by Crippen LogP contribution is 2.28. The van der Waals surface area contributed by atoms with E-state index in [1.807, 2.05) is 12.4 Å². The van der Waals surface area contributed by atoms with Gasteiger partial charge in [0.2, 0.25) is 0 Å². The van der Waals surface area contributed by atoms with E-state index in [2.05, 4.69) is 21.8 Å². The van der Waals surface area contributed by atoms with Crippen LogP contribution in [0.4, 0.5) is 0 Å². The Bertz CT molecular complexity index is 424. The standard InChI is InChI=1S/C15H23N3O2/c1-2-14-16-8-13(9-17-14)10-18-5-7-20-15(11-18)4-3-6-19-12-15/h8-9H,2-7,10-12H2,1H3. The molecule has 5 nitrogen and oxygen atoms in total. The summed E-state index contributed by atoms with van der Waals surface area (Å²) < 4.78 is 11.6. The highest BCUT2D eigenvalue weighted by Gasteiger charge is 2.38. The van der Waals surface area contributed by atoms with Gasteiger partial charge in [-0.15, -0.1) is 0 Å². The third-order valence-corrected chi connectivity index (χ3v) is 4.09. The summed E-state index contributed by atoms with van der Waals surface area (Å²) in [5, 5.41) is 0. The van der Waals surface area contributed by atoms with E-state index < -0.39 is 0 Å². The number of rotatable bonds is 3. The molecule has 0 aliphatic carbocycles. The van der Waals surface area contributed by atoms with Crippen LogP contribution in [0.3, 0.4) is 0 Å². The van der Waals surface area contributed by atoms with Gasteiger partial charge in [0.05, 0.1) is 13.2 Å². The molecule has 0 N–H and O–H groups in total. The molecular formula is C15H23N3O2. The number of hydrogen-bond acceptors (Lipinski definition) is 5. The Balaban J connectivity index is 1.61. The van der Waals surface area contributed by atoms with Crippen molar-refractivity contribution in [3.63, 3.8) is 0 Å². The molecule has 0 radical (unpaired) electrons. The molecule has 5 heteroatoms. The molecule has 0 amide bonds. The lowest BCUT2D eigenvalue weighted by molar-refractivity contribution is -0.169. The zero-order valence-electron chi connectivity index (χ0n) is 12.2. The van der Waals surface area contributed by atoms with Gasteiger partial charge in [0.1, 0.15) is 11.4 Å². The van der Waals surface area contributed by atoms with Crippen LogP contribution in [0.1, 0.15) is 31.2 Å². The Kier molecular flexibility index (Phi) is 4.29. The van der Waals surface area contributed by atoms with Gasteiger partial charge in [0.15, 0.2) is 0 Å². The zero-order valence-corrected chi connectivity index (χ0v) is 12.2. The van der Waals surface area contributed by atoms with Gasteiger partial charge in [-0.05, 0) is 12.8 Å². The number of morpholine rings is 1. The molecule has 1 spiro atoms. The minimum Gasteiger partial charge on any atom is -0.378 e. The Morgan fingerprint density at radius 3 is 2.85 bits per heavy atom. The lowest BCUT2D eigenvalue weighted by atomic mass is 9.94. The molecule has 2 saturated heterocycles. The van der Waals surface area contributed by atoms with E-state index >= 15 is 0 Å². The summed E-state index contributed by atoms with van der Waals surface area (Å²) in [6, 6.07) is 0. The first kappa shape index (κ1) is 13.9. The molecule has 0 aromatic carbocycles.